The maximum absolute atomic E-state index is 13.2. The smallest absolute Gasteiger partial charge is 0.244 e. The lowest BCUT2D eigenvalue weighted by molar-refractivity contribution is -0.136. The molecule has 0 aliphatic carbocycles. The Hall–Kier alpha value is -1.79. The van der Waals surface area contributed by atoms with Crippen molar-refractivity contribution in [1.82, 2.24) is 15.1 Å². The second-order valence-electron chi connectivity index (χ2n) is 6.34. The summed E-state index contributed by atoms with van der Waals surface area (Å²) < 4.78 is 10.8. The second-order valence-corrected chi connectivity index (χ2v) is 6.34. The van der Waals surface area contributed by atoms with Gasteiger partial charge < -0.3 is 19.7 Å². The summed E-state index contributed by atoms with van der Waals surface area (Å²) in [6, 6.07) is 5.58. The summed E-state index contributed by atoms with van der Waals surface area (Å²) in [5.74, 6) is 1.57. The molecule has 1 aromatic carbocycles. The van der Waals surface area contributed by atoms with Crippen molar-refractivity contribution in [2.24, 2.45) is 0 Å². The minimum absolute atomic E-state index is 0.210. The highest BCUT2D eigenvalue weighted by molar-refractivity contribution is 5.84. The van der Waals surface area contributed by atoms with Crippen molar-refractivity contribution in [3.8, 4) is 11.5 Å². The Bertz CT molecular complexity index is 567. The van der Waals surface area contributed by atoms with E-state index in [0.717, 1.165) is 57.7 Å². The van der Waals surface area contributed by atoms with E-state index in [1.807, 2.05) is 23.1 Å². The molecule has 1 amide bonds. The molecule has 132 valence electrons. The molecule has 1 atom stereocenters. The Kier molecular flexibility index (Phi) is 5.58. The summed E-state index contributed by atoms with van der Waals surface area (Å²) in [6.07, 6.45) is 2.21. The Balaban J connectivity index is 1.92. The van der Waals surface area contributed by atoms with Gasteiger partial charge in [-0.3, -0.25) is 9.69 Å². The van der Waals surface area contributed by atoms with Crippen LogP contribution in [0.2, 0.25) is 0 Å². The van der Waals surface area contributed by atoms with Gasteiger partial charge in [0.25, 0.3) is 0 Å². The normalized spacial score (nSPS) is 20.0. The first kappa shape index (κ1) is 17.0. The third kappa shape index (κ3) is 3.49. The van der Waals surface area contributed by atoms with Crippen LogP contribution < -0.4 is 14.8 Å². The number of hydrogen-bond donors (Lipinski definition) is 1. The van der Waals surface area contributed by atoms with Crippen LogP contribution in [0.25, 0.3) is 0 Å². The van der Waals surface area contributed by atoms with Crippen LogP contribution in [0.5, 0.6) is 11.5 Å². The topological polar surface area (TPSA) is 54.0 Å². The molecular formula is C18H27N3O3. The van der Waals surface area contributed by atoms with Crippen molar-refractivity contribution in [2.75, 3.05) is 53.5 Å². The molecule has 2 fully saturated rings. The van der Waals surface area contributed by atoms with Gasteiger partial charge in [-0.15, -0.1) is 0 Å². The molecule has 1 N–H and O–H groups in total. The largest absolute Gasteiger partial charge is 0.493 e. The van der Waals surface area contributed by atoms with Gasteiger partial charge in [-0.25, -0.2) is 0 Å². The van der Waals surface area contributed by atoms with E-state index in [0.29, 0.717) is 11.5 Å². The third-order valence-corrected chi connectivity index (χ3v) is 4.89. The third-order valence-electron chi connectivity index (χ3n) is 4.89. The molecule has 2 aliphatic rings. The average molecular weight is 333 g/mol. The Labute approximate surface area is 143 Å². The molecule has 3 rings (SSSR count). The lowest BCUT2D eigenvalue weighted by Crippen LogP contribution is -2.49. The van der Waals surface area contributed by atoms with Crippen molar-refractivity contribution in [3.63, 3.8) is 0 Å². The predicted octanol–water partition coefficient (Wildman–Crippen LogP) is 1.27. The van der Waals surface area contributed by atoms with Crippen LogP contribution in [0.15, 0.2) is 18.2 Å². The molecule has 0 radical (unpaired) electrons. The summed E-state index contributed by atoms with van der Waals surface area (Å²) in [5, 5.41) is 3.36. The Morgan fingerprint density at radius 2 is 1.71 bits per heavy atom. The fraction of sp³-hybridized carbons (Fsp3) is 0.611. The van der Waals surface area contributed by atoms with E-state index >= 15 is 0 Å². The van der Waals surface area contributed by atoms with Crippen molar-refractivity contribution >= 4 is 5.91 Å². The maximum atomic E-state index is 13.2. The molecule has 0 spiro atoms. The van der Waals surface area contributed by atoms with Crippen LogP contribution in [0.1, 0.15) is 24.4 Å². The van der Waals surface area contributed by atoms with Crippen LogP contribution in [-0.4, -0.2) is 69.2 Å². The number of nitrogens with one attached hydrogen (secondary N) is 1. The molecule has 0 aromatic heterocycles. The highest BCUT2D eigenvalue weighted by atomic mass is 16.5. The number of methoxy groups -OCH3 is 2. The van der Waals surface area contributed by atoms with E-state index in [1.54, 1.807) is 14.2 Å². The zero-order valence-corrected chi connectivity index (χ0v) is 14.6. The molecule has 0 bridgehead atoms. The average Bonchev–Trinajstić information content (AvgIpc) is 3.17. The van der Waals surface area contributed by atoms with E-state index in [9.17, 15) is 4.79 Å². The van der Waals surface area contributed by atoms with Gasteiger partial charge in [0, 0.05) is 39.3 Å². The number of piperazine rings is 1. The number of nitrogens with zero attached hydrogens (tertiary/aromatic N) is 2. The fourth-order valence-electron chi connectivity index (χ4n) is 3.58. The van der Waals surface area contributed by atoms with E-state index in [2.05, 4.69) is 10.2 Å². The van der Waals surface area contributed by atoms with Crippen LogP contribution in [0.4, 0.5) is 0 Å². The maximum Gasteiger partial charge on any atom is 0.244 e. The Morgan fingerprint density at radius 3 is 2.33 bits per heavy atom. The van der Waals surface area contributed by atoms with Crippen LogP contribution in [0, 0.1) is 0 Å². The lowest BCUT2D eigenvalue weighted by Gasteiger charge is -2.36. The molecule has 6 nitrogen and oxygen atoms in total. The SMILES string of the molecule is COc1ccc(C(C(=O)N2CCCC2)N2CCNCC2)cc1OC. The van der Waals surface area contributed by atoms with Gasteiger partial charge in [0.15, 0.2) is 11.5 Å². The van der Waals surface area contributed by atoms with Gasteiger partial charge >= 0.3 is 0 Å². The second kappa shape index (κ2) is 7.85. The molecule has 1 unspecified atom stereocenters. The van der Waals surface area contributed by atoms with Crippen molar-refractivity contribution in [2.45, 2.75) is 18.9 Å². The molecule has 6 heteroatoms. The number of ether oxygens (including phenoxy) is 2. The highest BCUT2D eigenvalue weighted by Crippen LogP contribution is 2.33. The number of amides is 1. The van der Waals surface area contributed by atoms with Gasteiger partial charge in [0.1, 0.15) is 6.04 Å². The van der Waals surface area contributed by atoms with Crippen molar-refractivity contribution < 1.29 is 14.3 Å². The number of rotatable bonds is 5. The van der Waals surface area contributed by atoms with Gasteiger partial charge in [-0.05, 0) is 30.5 Å². The fourth-order valence-corrected chi connectivity index (χ4v) is 3.58. The van der Waals surface area contributed by atoms with Crippen molar-refractivity contribution in [1.29, 1.82) is 0 Å². The molecular weight excluding hydrogens is 306 g/mol. The number of carbonyl (C=O) groups is 1. The highest BCUT2D eigenvalue weighted by Gasteiger charge is 2.33. The van der Waals surface area contributed by atoms with Gasteiger partial charge in [-0.2, -0.15) is 0 Å². The van der Waals surface area contributed by atoms with Crippen LogP contribution in [-0.2, 0) is 4.79 Å². The predicted molar refractivity (Wildman–Crippen MR) is 92.5 cm³/mol. The van der Waals surface area contributed by atoms with Gasteiger partial charge in [0.2, 0.25) is 5.91 Å². The standard InChI is InChI=1S/C18H27N3O3/c1-23-15-6-5-14(13-16(15)24-2)17(20-11-7-19-8-12-20)18(22)21-9-3-4-10-21/h5-6,13,17,19H,3-4,7-12H2,1-2H3. The molecule has 0 saturated carbocycles. The first-order chi connectivity index (χ1) is 11.7. The zero-order valence-electron chi connectivity index (χ0n) is 14.6. The minimum atomic E-state index is -0.245. The zero-order chi connectivity index (χ0) is 16.9. The summed E-state index contributed by atoms with van der Waals surface area (Å²) in [7, 11) is 3.25. The van der Waals surface area contributed by atoms with Crippen LogP contribution in [0.3, 0.4) is 0 Å². The van der Waals surface area contributed by atoms with E-state index in [-0.39, 0.29) is 11.9 Å². The molecule has 1 aromatic rings. The molecule has 2 saturated heterocycles. The number of carbonyl (C=O) groups excluding carboxylic acids is 1. The monoisotopic (exact) mass is 333 g/mol. The van der Waals surface area contributed by atoms with E-state index in [4.69, 9.17) is 9.47 Å². The minimum Gasteiger partial charge on any atom is -0.493 e. The summed E-state index contributed by atoms with van der Waals surface area (Å²) >= 11 is 0. The van der Waals surface area contributed by atoms with Crippen molar-refractivity contribution in [3.05, 3.63) is 23.8 Å². The van der Waals surface area contributed by atoms with Gasteiger partial charge in [-0.1, -0.05) is 6.07 Å². The number of benzene rings is 1. The molecule has 24 heavy (non-hydrogen) atoms. The lowest BCUT2D eigenvalue weighted by atomic mass is 10.0. The summed E-state index contributed by atoms with van der Waals surface area (Å²) in [4.78, 5) is 17.5. The van der Waals surface area contributed by atoms with Crippen LogP contribution >= 0.6 is 0 Å². The quantitative estimate of drug-likeness (QED) is 0.879. The first-order valence-corrected chi connectivity index (χ1v) is 8.70. The number of likely N-dealkylation sites (tertiary alicyclic amines) is 1. The first-order valence-electron chi connectivity index (χ1n) is 8.70. The summed E-state index contributed by atoms with van der Waals surface area (Å²) in [5.41, 5.74) is 0.978. The molecule has 2 aliphatic heterocycles. The van der Waals surface area contributed by atoms with Gasteiger partial charge in [0.05, 0.1) is 14.2 Å². The summed E-state index contributed by atoms with van der Waals surface area (Å²) in [6.45, 7) is 5.31. The Morgan fingerprint density at radius 1 is 1.04 bits per heavy atom. The molecule has 2 heterocycles. The van der Waals surface area contributed by atoms with E-state index < -0.39 is 0 Å². The van der Waals surface area contributed by atoms with E-state index in [1.165, 1.54) is 0 Å². The number of hydrogen-bond acceptors (Lipinski definition) is 5.